The van der Waals surface area contributed by atoms with Crippen LogP contribution < -0.4 is 10.6 Å². The normalized spacial score (nSPS) is 19.5. The van der Waals surface area contributed by atoms with Crippen molar-refractivity contribution in [2.75, 3.05) is 22.1 Å². The van der Waals surface area contributed by atoms with Gasteiger partial charge in [-0.05, 0) is 31.4 Å². The lowest BCUT2D eigenvalue weighted by molar-refractivity contribution is 0.602. The van der Waals surface area contributed by atoms with Crippen molar-refractivity contribution in [1.82, 2.24) is 15.2 Å². The number of sulfone groups is 1. The summed E-state index contributed by atoms with van der Waals surface area (Å²) in [4.78, 5) is 4.37. The third-order valence-corrected chi connectivity index (χ3v) is 5.63. The zero-order valence-electron chi connectivity index (χ0n) is 13.1. The maximum atomic E-state index is 11.5. The molecule has 0 aliphatic carbocycles. The van der Waals surface area contributed by atoms with Crippen molar-refractivity contribution in [2.24, 2.45) is 0 Å². The zero-order chi connectivity index (χ0) is 16.4. The van der Waals surface area contributed by atoms with Crippen LogP contribution in [0.15, 0.2) is 24.4 Å². The standard InChI is InChI=1S/C15H19N5O2S/c1-10-4-3-5-11(2)14(10)18-13-8-16-20-15(19-13)17-12-6-7-23(21,22)9-12/h3-5,8,12H,6-7,9H2,1-2H3,(H2,17,18,19,20). The second-order valence-electron chi connectivity index (χ2n) is 5.80. The van der Waals surface area contributed by atoms with Crippen LogP contribution in [-0.2, 0) is 9.84 Å². The summed E-state index contributed by atoms with van der Waals surface area (Å²) in [5.74, 6) is 1.23. The van der Waals surface area contributed by atoms with Crippen molar-refractivity contribution in [3.8, 4) is 0 Å². The van der Waals surface area contributed by atoms with Crippen LogP contribution in [0.1, 0.15) is 17.5 Å². The van der Waals surface area contributed by atoms with E-state index in [9.17, 15) is 8.42 Å². The van der Waals surface area contributed by atoms with Crippen molar-refractivity contribution in [2.45, 2.75) is 26.3 Å². The third kappa shape index (κ3) is 3.76. The predicted molar refractivity (Wildman–Crippen MR) is 89.7 cm³/mol. The number of nitrogens with one attached hydrogen (secondary N) is 2. The van der Waals surface area contributed by atoms with E-state index in [0.717, 1.165) is 16.8 Å². The van der Waals surface area contributed by atoms with Gasteiger partial charge in [-0.3, -0.25) is 0 Å². The highest BCUT2D eigenvalue weighted by atomic mass is 32.2. The van der Waals surface area contributed by atoms with E-state index in [1.165, 1.54) is 0 Å². The molecule has 1 aliphatic rings. The minimum atomic E-state index is -2.94. The van der Waals surface area contributed by atoms with Crippen LogP contribution in [0, 0.1) is 13.8 Å². The van der Waals surface area contributed by atoms with Gasteiger partial charge in [0.15, 0.2) is 15.7 Å². The van der Waals surface area contributed by atoms with Crippen molar-refractivity contribution in [3.05, 3.63) is 35.5 Å². The maximum Gasteiger partial charge on any atom is 0.244 e. The molecule has 2 heterocycles. The first-order valence-corrected chi connectivity index (χ1v) is 9.25. The SMILES string of the molecule is Cc1cccc(C)c1Nc1cnnc(NC2CCS(=O)(=O)C2)n1. The molecule has 1 fully saturated rings. The number of hydrogen-bond acceptors (Lipinski definition) is 7. The molecule has 1 aliphatic heterocycles. The van der Waals surface area contributed by atoms with Crippen molar-refractivity contribution >= 4 is 27.3 Å². The molecule has 1 aromatic heterocycles. The van der Waals surface area contributed by atoms with Gasteiger partial charge in [-0.1, -0.05) is 18.2 Å². The average Bonchev–Trinajstić information content (AvgIpc) is 2.82. The van der Waals surface area contributed by atoms with Gasteiger partial charge in [0.25, 0.3) is 0 Å². The first kappa shape index (κ1) is 15.7. The van der Waals surface area contributed by atoms with Crippen LogP contribution in [-0.4, -0.2) is 41.1 Å². The van der Waals surface area contributed by atoms with Crippen LogP contribution in [0.2, 0.25) is 0 Å². The zero-order valence-corrected chi connectivity index (χ0v) is 13.9. The van der Waals surface area contributed by atoms with E-state index in [1.807, 2.05) is 32.0 Å². The van der Waals surface area contributed by atoms with Gasteiger partial charge in [-0.15, -0.1) is 5.10 Å². The summed E-state index contributed by atoms with van der Waals surface area (Å²) in [7, 11) is -2.94. The van der Waals surface area contributed by atoms with E-state index < -0.39 is 9.84 Å². The van der Waals surface area contributed by atoms with Gasteiger partial charge in [-0.2, -0.15) is 10.1 Å². The first-order chi connectivity index (χ1) is 10.9. The Morgan fingerprint density at radius 3 is 2.61 bits per heavy atom. The van der Waals surface area contributed by atoms with Crippen LogP contribution in [0.4, 0.5) is 17.5 Å². The molecule has 0 radical (unpaired) electrons. The molecule has 7 nitrogen and oxygen atoms in total. The highest BCUT2D eigenvalue weighted by Crippen LogP contribution is 2.23. The molecular formula is C15H19N5O2S. The number of nitrogens with zero attached hydrogens (tertiary/aromatic N) is 3. The number of aromatic nitrogens is 3. The maximum absolute atomic E-state index is 11.5. The first-order valence-electron chi connectivity index (χ1n) is 7.43. The highest BCUT2D eigenvalue weighted by molar-refractivity contribution is 7.91. The Bertz CT molecular complexity index is 802. The van der Waals surface area contributed by atoms with Crippen LogP contribution in [0.3, 0.4) is 0 Å². The Morgan fingerprint density at radius 2 is 1.96 bits per heavy atom. The molecule has 2 N–H and O–H groups in total. The largest absolute Gasteiger partial charge is 0.349 e. The lowest BCUT2D eigenvalue weighted by Crippen LogP contribution is -2.22. The summed E-state index contributed by atoms with van der Waals surface area (Å²) < 4.78 is 23.0. The molecule has 1 unspecified atom stereocenters. The number of hydrogen-bond donors (Lipinski definition) is 2. The number of aryl methyl sites for hydroxylation is 2. The summed E-state index contributed by atoms with van der Waals surface area (Å²) in [6.07, 6.45) is 2.11. The summed E-state index contributed by atoms with van der Waals surface area (Å²) in [5, 5.41) is 14.2. The fourth-order valence-electron chi connectivity index (χ4n) is 2.66. The molecule has 0 amide bonds. The van der Waals surface area contributed by atoms with Crippen LogP contribution in [0.5, 0.6) is 0 Å². The van der Waals surface area contributed by atoms with E-state index in [2.05, 4.69) is 25.8 Å². The molecule has 1 atom stereocenters. The Hall–Kier alpha value is -2.22. The summed E-state index contributed by atoms with van der Waals surface area (Å²) in [5.41, 5.74) is 3.21. The average molecular weight is 333 g/mol. The molecule has 0 saturated carbocycles. The van der Waals surface area contributed by atoms with Crippen LogP contribution in [0.25, 0.3) is 0 Å². The van der Waals surface area contributed by atoms with Crippen molar-refractivity contribution < 1.29 is 8.42 Å². The minimum Gasteiger partial charge on any atom is -0.349 e. The fraction of sp³-hybridized carbons (Fsp3) is 0.400. The molecule has 1 aromatic carbocycles. The number of para-hydroxylation sites is 1. The van der Waals surface area contributed by atoms with Gasteiger partial charge in [-0.25, -0.2) is 8.42 Å². The molecule has 0 spiro atoms. The second-order valence-corrected chi connectivity index (χ2v) is 8.03. The predicted octanol–water partition coefficient (Wildman–Crippen LogP) is 1.83. The highest BCUT2D eigenvalue weighted by Gasteiger charge is 2.28. The van der Waals surface area contributed by atoms with Gasteiger partial charge in [0.1, 0.15) is 0 Å². The Kier molecular flexibility index (Phi) is 4.16. The number of anilines is 3. The molecular weight excluding hydrogens is 314 g/mol. The Labute approximate surface area is 135 Å². The number of rotatable bonds is 4. The number of benzene rings is 1. The Balaban J connectivity index is 1.75. The van der Waals surface area contributed by atoms with Gasteiger partial charge < -0.3 is 10.6 Å². The monoisotopic (exact) mass is 333 g/mol. The molecule has 23 heavy (non-hydrogen) atoms. The van der Waals surface area contributed by atoms with E-state index in [1.54, 1.807) is 6.20 Å². The molecule has 2 aromatic rings. The second kappa shape index (κ2) is 6.11. The molecule has 8 heteroatoms. The molecule has 1 saturated heterocycles. The van der Waals surface area contributed by atoms with E-state index in [0.29, 0.717) is 18.2 Å². The lowest BCUT2D eigenvalue weighted by atomic mass is 10.1. The molecule has 3 rings (SSSR count). The van der Waals surface area contributed by atoms with Gasteiger partial charge in [0.2, 0.25) is 5.95 Å². The van der Waals surface area contributed by atoms with E-state index >= 15 is 0 Å². The lowest BCUT2D eigenvalue weighted by Gasteiger charge is -2.13. The van der Waals surface area contributed by atoms with Crippen LogP contribution >= 0.6 is 0 Å². The van der Waals surface area contributed by atoms with E-state index in [4.69, 9.17) is 0 Å². The topological polar surface area (TPSA) is 96.9 Å². The van der Waals surface area contributed by atoms with Crippen molar-refractivity contribution in [3.63, 3.8) is 0 Å². The summed E-state index contributed by atoms with van der Waals surface area (Å²) >= 11 is 0. The molecule has 0 bridgehead atoms. The summed E-state index contributed by atoms with van der Waals surface area (Å²) in [6, 6.07) is 5.89. The van der Waals surface area contributed by atoms with Gasteiger partial charge in [0, 0.05) is 11.7 Å². The fourth-order valence-corrected chi connectivity index (χ4v) is 4.33. The Morgan fingerprint density at radius 1 is 1.22 bits per heavy atom. The van der Waals surface area contributed by atoms with Gasteiger partial charge >= 0.3 is 0 Å². The summed E-state index contributed by atoms with van der Waals surface area (Å²) in [6.45, 7) is 4.04. The quantitative estimate of drug-likeness (QED) is 0.881. The minimum absolute atomic E-state index is 0.116. The van der Waals surface area contributed by atoms with E-state index in [-0.39, 0.29) is 17.5 Å². The third-order valence-electron chi connectivity index (χ3n) is 3.86. The molecule has 122 valence electrons. The smallest absolute Gasteiger partial charge is 0.244 e. The van der Waals surface area contributed by atoms with Gasteiger partial charge in [0.05, 0.1) is 17.7 Å². The van der Waals surface area contributed by atoms with Crippen molar-refractivity contribution in [1.29, 1.82) is 0 Å².